The van der Waals surface area contributed by atoms with E-state index in [1.807, 2.05) is 30.3 Å². The topological polar surface area (TPSA) is 130 Å². The standard InChI is InChI=1S/C9H11NO2.C8H11NO2/c10-8(9(11)12)6-7-4-2-1-3-5-7;9-4-3-6-1-2-7(10)8(11)5-6/h1-5,8H,6,10H2,(H,11,12);1-2,5,10-11H,3-4,9H2. The number of carboxylic acid groups (broad SMARTS) is 1. The number of benzene rings is 2. The van der Waals surface area contributed by atoms with E-state index in [0.29, 0.717) is 19.4 Å². The first kappa shape index (κ1) is 18.5. The van der Waals surface area contributed by atoms with Crippen molar-refractivity contribution in [1.29, 1.82) is 0 Å². The maximum atomic E-state index is 10.4. The van der Waals surface area contributed by atoms with Crippen LogP contribution in [0, 0.1) is 0 Å². The second-order valence-corrected chi connectivity index (χ2v) is 5.00. The van der Waals surface area contributed by atoms with Crippen molar-refractivity contribution < 1.29 is 20.1 Å². The summed E-state index contributed by atoms with van der Waals surface area (Å²) in [6, 6.07) is 13.3. The molecule has 0 aliphatic carbocycles. The predicted octanol–water partition coefficient (Wildman–Crippen LogP) is 1.24. The van der Waals surface area contributed by atoms with Gasteiger partial charge in [-0.15, -0.1) is 0 Å². The number of aliphatic carboxylic acids is 1. The summed E-state index contributed by atoms with van der Waals surface area (Å²) < 4.78 is 0. The fraction of sp³-hybridized carbons (Fsp3) is 0.235. The van der Waals surface area contributed by atoms with Crippen molar-refractivity contribution >= 4 is 5.97 Å². The van der Waals surface area contributed by atoms with Gasteiger partial charge in [0.1, 0.15) is 6.04 Å². The molecule has 2 rings (SSSR count). The number of phenols is 2. The SMILES string of the molecule is NC(Cc1ccccc1)C(=O)O.NCCc1ccc(O)c(O)c1. The first-order chi connectivity index (χ1) is 10.9. The van der Waals surface area contributed by atoms with Crippen molar-refractivity contribution in [3.05, 3.63) is 59.7 Å². The molecule has 0 heterocycles. The van der Waals surface area contributed by atoms with Crippen molar-refractivity contribution in [2.45, 2.75) is 18.9 Å². The van der Waals surface area contributed by atoms with Gasteiger partial charge < -0.3 is 26.8 Å². The van der Waals surface area contributed by atoms with Crippen LogP contribution in [0.1, 0.15) is 11.1 Å². The number of aromatic hydroxyl groups is 2. The third kappa shape index (κ3) is 6.82. The van der Waals surface area contributed by atoms with E-state index in [0.717, 1.165) is 11.1 Å². The Balaban J connectivity index is 0.000000231. The van der Waals surface area contributed by atoms with E-state index in [9.17, 15) is 4.79 Å². The van der Waals surface area contributed by atoms with E-state index < -0.39 is 12.0 Å². The molecular formula is C17H22N2O4. The number of rotatable bonds is 5. The van der Waals surface area contributed by atoms with E-state index in [1.54, 1.807) is 6.07 Å². The number of nitrogens with two attached hydrogens (primary N) is 2. The molecule has 0 saturated heterocycles. The van der Waals surface area contributed by atoms with Crippen LogP contribution in [0.25, 0.3) is 0 Å². The molecule has 7 N–H and O–H groups in total. The van der Waals surface area contributed by atoms with E-state index in [1.165, 1.54) is 12.1 Å². The van der Waals surface area contributed by atoms with Crippen LogP contribution in [-0.4, -0.2) is 33.9 Å². The van der Waals surface area contributed by atoms with Crippen LogP contribution in [-0.2, 0) is 17.6 Å². The van der Waals surface area contributed by atoms with Crippen LogP contribution in [0.4, 0.5) is 0 Å². The van der Waals surface area contributed by atoms with Crippen LogP contribution in [0.3, 0.4) is 0 Å². The van der Waals surface area contributed by atoms with Crippen LogP contribution >= 0.6 is 0 Å². The molecule has 0 aromatic heterocycles. The Morgan fingerprint density at radius 2 is 1.65 bits per heavy atom. The van der Waals surface area contributed by atoms with Gasteiger partial charge in [0.15, 0.2) is 11.5 Å². The molecular weight excluding hydrogens is 296 g/mol. The first-order valence-electron chi connectivity index (χ1n) is 7.17. The minimum Gasteiger partial charge on any atom is -0.504 e. The number of hydrogen-bond donors (Lipinski definition) is 5. The second kappa shape index (κ2) is 9.45. The summed E-state index contributed by atoms with van der Waals surface area (Å²) in [5.74, 6) is -1.14. The zero-order valence-electron chi connectivity index (χ0n) is 12.7. The molecule has 0 aliphatic heterocycles. The van der Waals surface area contributed by atoms with Gasteiger partial charge >= 0.3 is 5.97 Å². The van der Waals surface area contributed by atoms with Gasteiger partial charge in [-0.3, -0.25) is 4.79 Å². The highest BCUT2D eigenvalue weighted by atomic mass is 16.4. The normalized spacial score (nSPS) is 11.2. The Labute approximate surface area is 135 Å². The minimum atomic E-state index is -0.959. The highest BCUT2D eigenvalue weighted by molar-refractivity contribution is 5.73. The number of hydrogen-bond acceptors (Lipinski definition) is 5. The zero-order valence-corrected chi connectivity index (χ0v) is 12.7. The molecule has 0 amide bonds. The van der Waals surface area contributed by atoms with Crippen LogP contribution in [0.5, 0.6) is 11.5 Å². The lowest BCUT2D eigenvalue weighted by Gasteiger charge is -2.04. The van der Waals surface area contributed by atoms with Crippen molar-refractivity contribution in [2.75, 3.05) is 6.54 Å². The number of carboxylic acids is 1. The molecule has 6 heteroatoms. The van der Waals surface area contributed by atoms with Gasteiger partial charge in [-0.1, -0.05) is 36.4 Å². The summed E-state index contributed by atoms with van der Waals surface area (Å²) in [6.45, 7) is 0.546. The molecule has 1 atom stereocenters. The summed E-state index contributed by atoms with van der Waals surface area (Å²) in [5.41, 5.74) is 12.5. The largest absolute Gasteiger partial charge is 0.504 e. The zero-order chi connectivity index (χ0) is 17.2. The van der Waals surface area contributed by atoms with Crippen LogP contribution in [0.15, 0.2) is 48.5 Å². The number of phenolic OH excluding ortho intramolecular Hbond substituents is 2. The van der Waals surface area contributed by atoms with E-state index >= 15 is 0 Å². The maximum absolute atomic E-state index is 10.4. The third-order valence-electron chi connectivity index (χ3n) is 3.09. The summed E-state index contributed by atoms with van der Waals surface area (Å²) in [4.78, 5) is 10.4. The fourth-order valence-corrected chi connectivity index (χ4v) is 1.85. The molecule has 0 bridgehead atoms. The second-order valence-electron chi connectivity index (χ2n) is 5.00. The maximum Gasteiger partial charge on any atom is 0.320 e. The predicted molar refractivity (Wildman–Crippen MR) is 88.3 cm³/mol. The molecule has 2 aromatic carbocycles. The monoisotopic (exact) mass is 318 g/mol. The third-order valence-corrected chi connectivity index (χ3v) is 3.09. The van der Waals surface area contributed by atoms with Gasteiger partial charge in [0.2, 0.25) is 0 Å². The van der Waals surface area contributed by atoms with Crippen molar-refractivity contribution in [1.82, 2.24) is 0 Å². The van der Waals surface area contributed by atoms with Crippen molar-refractivity contribution in [3.8, 4) is 11.5 Å². The lowest BCUT2D eigenvalue weighted by atomic mass is 10.1. The Bertz CT molecular complexity index is 617. The van der Waals surface area contributed by atoms with E-state index in [4.69, 9.17) is 26.8 Å². The van der Waals surface area contributed by atoms with Gasteiger partial charge in [0.25, 0.3) is 0 Å². The number of carbonyl (C=O) groups is 1. The fourth-order valence-electron chi connectivity index (χ4n) is 1.85. The van der Waals surface area contributed by atoms with E-state index in [2.05, 4.69) is 0 Å². The van der Waals surface area contributed by atoms with Crippen molar-refractivity contribution in [2.24, 2.45) is 11.5 Å². The highest BCUT2D eigenvalue weighted by Crippen LogP contribution is 2.24. The Hall–Kier alpha value is -2.57. The molecule has 0 fully saturated rings. The quantitative estimate of drug-likeness (QED) is 0.527. The lowest BCUT2D eigenvalue weighted by Crippen LogP contribution is -2.32. The Kier molecular flexibility index (Phi) is 7.59. The molecule has 23 heavy (non-hydrogen) atoms. The summed E-state index contributed by atoms with van der Waals surface area (Å²) in [6.07, 6.45) is 1.10. The van der Waals surface area contributed by atoms with Gasteiger partial charge in [-0.05, 0) is 42.6 Å². The molecule has 6 nitrogen and oxygen atoms in total. The van der Waals surface area contributed by atoms with Gasteiger partial charge in [0.05, 0.1) is 0 Å². The van der Waals surface area contributed by atoms with Crippen LogP contribution in [0.2, 0.25) is 0 Å². The van der Waals surface area contributed by atoms with Crippen LogP contribution < -0.4 is 11.5 Å². The lowest BCUT2D eigenvalue weighted by molar-refractivity contribution is -0.138. The van der Waals surface area contributed by atoms with Gasteiger partial charge in [0, 0.05) is 0 Å². The molecule has 124 valence electrons. The van der Waals surface area contributed by atoms with Gasteiger partial charge in [-0.25, -0.2) is 0 Å². The Morgan fingerprint density at radius 3 is 2.17 bits per heavy atom. The minimum absolute atomic E-state index is 0.0871. The molecule has 1 unspecified atom stereocenters. The molecule has 0 spiro atoms. The first-order valence-corrected chi connectivity index (χ1v) is 7.17. The molecule has 0 saturated carbocycles. The molecule has 0 radical (unpaired) electrons. The summed E-state index contributed by atoms with van der Waals surface area (Å²) in [5, 5.41) is 26.5. The van der Waals surface area contributed by atoms with Gasteiger partial charge in [-0.2, -0.15) is 0 Å². The molecule has 2 aromatic rings. The average molecular weight is 318 g/mol. The highest BCUT2D eigenvalue weighted by Gasteiger charge is 2.10. The smallest absolute Gasteiger partial charge is 0.320 e. The molecule has 0 aliphatic rings. The average Bonchev–Trinajstić information content (AvgIpc) is 2.53. The van der Waals surface area contributed by atoms with Crippen molar-refractivity contribution in [3.63, 3.8) is 0 Å². The summed E-state index contributed by atoms with van der Waals surface area (Å²) >= 11 is 0. The van der Waals surface area contributed by atoms with E-state index in [-0.39, 0.29) is 11.5 Å². The summed E-state index contributed by atoms with van der Waals surface area (Å²) in [7, 11) is 0. The Morgan fingerprint density at radius 1 is 1.00 bits per heavy atom.